The summed E-state index contributed by atoms with van der Waals surface area (Å²) < 4.78 is 0. The fourth-order valence-electron chi connectivity index (χ4n) is 0.992. The van der Waals surface area contributed by atoms with Crippen molar-refractivity contribution < 1.29 is 4.79 Å². The summed E-state index contributed by atoms with van der Waals surface area (Å²) in [6, 6.07) is 0. The van der Waals surface area contributed by atoms with Crippen molar-refractivity contribution in [2.24, 2.45) is 5.73 Å². The third-order valence-corrected chi connectivity index (χ3v) is 1.90. The molecule has 13 heavy (non-hydrogen) atoms. The van der Waals surface area contributed by atoms with Gasteiger partial charge in [0, 0.05) is 5.57 Å². The minimum atomic E-state index is -0.312. The molecule has 3 nitrogen and oxygen atoms in total. The predicted molar refractivity (Wildman–Crippen MR) is 55.4 cm³/mol. The van der Waals surface area contributed by atoms with Crippen LogP contribution < -0.4 is 5.73 Å². The molecule has 0 aliphatic rings. The Morgan fingerprint density at radius 2 is 2.00 bits per heavy atom. The number of allylic oxidation sites excluding steroid dienone is 1. The van der Waals surface area contributed by atoms with E-state index in [1.54, 1.807) is 6.92 Å². The number of carbonyl (C=O) groups excluding carboxylic acids is 1. The summed E-state index contributed by atoms with van der Waals surface area (Å²) >= 11 is 0. The van der Waals surface area contributed by atoms with Gasteiger partial charge in [0.15, 0.2) is 0 Å². The highest BCUT2D eigenvalue weighted by Gasteiger charge is 1.95. The fourth-order valence-corrected chi connectivity index (χ4v) is 0.992. The lowest BCUT2D eigenvalue weighted by atomic mass is 10.1. The Bertz CT molecular complexity index is 185. The maximum absolute atomic E-state index is 10.6. The standard InChI is InChI=1S/C10H20N2O/c1-9(10(11)13)7-5-4-6-8-12(2)3/h7H,4-6,8H2,1-3H3,(H2,11,13). The number of nitrogens with zero attached hydrogens (tertiary/aromatic N) is 1. The van der Waals surface area contributed by atoms with Gasteiger partial charge in [0.2, 0.25) is 5.91 Å². The molecule has 0 fully saturated rings. The molecule has 3 heteroatoms. The largest absolute Gasteiger partial charge is 0.366 e. The van der Waals surface area contributed by atoms with Crippen LogP contribution in [0.1, 0.15) is 26.2 Å². The molecule has 1 amide bonds. The minimum absolute atomic E-state index is 0.312. The first kappa shape index (κ1) is 12.2. The second kappa shape index (κ2) is 6.66. The van der Waals surface area contributed by atoms with Crippen molar-refractivity contribution in [2.75, 3.05) is 20.6 Å². The molecule has 0 atom stereocenters. The van der Waals surface area contributed by atoms with Gasteiger partial charge in [-0.2, -0.15) is 0 Å². The van der Waals surface area contributed by atoms with Crippen LogP contribution in [0.25, 0.3) is 0 Å². The highest BCUT2D eigenvalue weighted by Crippen LogP contribution is 2.01. The molecule has 0 aromatic carbocycles. The van der Waals surface area contributed by atoms with Crippen molar-refractivity contribution in [3.05, 3.63) is 11.6 Å². The number of amides is 1. The molecule has 0 aromatic rings. The van der Waals surface area contributed by atoms with Crippen LogP contribution in [0.15, 0.2) is 11.6 Å². The number of rotatable bonds is 6. The molecule has 76 valence electrons. The molecule has 0 aliphatic heterocycles. The molecule has 0 heterocycles. The van der Waals surface area contributed by atoms with E-state index in [9.17, 15) is 4.79 Å². The Balaban J connectivity index is 3.45. The molecular formula is C10H20N2O. The van der Waals surface area contributed by atoms with E-state index in [-0.39, 0.29) is 5.91 Å². The third-order valence-electron chi connectivity index (χ3n) is 1.90. The van der Waals surface area contributed by atoms with Crippen LogP contribution in [0.4, 0.5) is 0 Å². The van der Waals surface area contributed by atoms with Gasteiger partial charge >= 0.3 is 0 Å². The Morgan fingerprint density at radius 1 is 1.38 bits per heavy atom. The Labute approximate surface area is 80.6 Å². The average Bonchev–Trinajstić information content (AvgIpc) is 2.02. The van der Waals surface area contributed by atoms with Gasteiger partial charge in [0.25, 0.3) is 0 Å². The predicted octanol–water partition coefficient (Wildman–Crippen LogP) is 1.15. The number of hydrogen-bond donors (Lipinski definition) is 1. The smallest absolute Gasteiger partial charge is 0.244 e. The zero-order chi connectivity index (χ0) is 10.3. The van der Waals surface area contributed by atoms with Gasteiger partial charge in [-0.3, -0.25) is 4.79 Å². The van der Waals surface area contributed by atoms with Crippen molar-refractivity contribution in [2.45, 2.75) is 26.2 Å². The Hall–Kier alpha value is -0.830. The topological polar surface area (TPSA) is 46.3 Å². The number of hydrogen-bond acceptors (Lipinski definition) is 2. The second-order valence-electron chi connectivity index (χ2n) is 3.55. The van der Waals surface area contributed by atoms with Crippen LogP contribution >= 0.6 is 0 Å². The summed E-state index contributed by atoms with van der Waals surface area (Å²) in [5.41, 5.74) is 5.75. The number of unbranched alkanes of at least 4 members (excludes halogenated alkanes) is 2. The van der Waals surface area contributed by atoms with Crippen LogP contribution in [0.2, 0.25) is 0 Å². The first-order valence-electron chi connectivity index (χ1n) is 4.65. The monoisotopic (exact) mass is 184 g/mol. The van der Waals surface area contributed by atoms with Gasteiger partial charge in [-0.05, 0) is 46.8 Å². The van der Waals surface area contributed by atoms with E-state index in [4.69, 9.17) is 5.73 Å². The number of carbonyl (C=O) groups is 1. The van der Waals surface area contributed by atoms with E-state index in [2.05, 4.69) is 19.0 Å². The van der Waals surface area contributed by atoms with Crippen molar-refractivity contribution in [1.82, 2.24) is 4.90 Å². The molecule has 2 N–H and O–H groups in total. The van der Waals surface area contributed by atoms with Gasteiger partial charge < -0.3 is 10.6 Å². The summed E-state index contributed by atoms with van der Waals surface area (Å²) in [6.45, 7) is 2.86. The van der Waals surface area contributed by atoms with Crippen molar-refractivity contribution in [1.29, 1.82) is 0 Å². The quantitative estimate of drug-likeness (QED) is 0.497. The first-order valence-corrected chi connectivity index (χ1v) is 4.65. The van der Waals surface area contributed by atoms with Crippen molar-refractivity contribution >= 4 is 5.91 Å². The van der Waals surface area contributed by atoms with E-state index in [1.807, 2.05) is 6.08 Å². The summed E-state index contributed by atoms with van der Waals surface area (Å²) in [5, 5.41) is 0. The van der Waals surface area contributed by atoms with E-state index in [0.29, 0.717) is 5.57 Å². The fraction of sp³-hybridized carbons (Fsp3) is 0.700. The molecule has 0 radical (unpaired) electrons. The highest BCUT2D eigenvalue weighted by atomic mass is 16.1. The molecule has 0 spiro atoms. The second-order valence-corrected chi connectivity index (χ2v) is 3.55. The normalized spacial score (nSPS) is 12.2. The molecule has 0 bridgehead atoms. The van der Waals surface area contributed by atoms with E-state index in [0.717, 1.165) is 25.8 Å². The Kier molecular flexibility index (Phi) is 6.24. The summed E-state index contributed by atoms with van der Waals surface area (Å²) in [6.07, 6.45) is 5.14. The van der Waals surface area contributed by atoms with Gasteiger partial charge in [-0.15, -0.1) is 0 Å². The zero-order valence-electron chi connectivity index (χ0n) is 8.84. The van der Waals surface area contributed by atoms with Crippen molar-refractivity contribution in [3.63, 3.8) is 0 Å². The van der Waals surface area contributed by atoms with Crippen molar-refractivity contribution in [3.8, 4) is 0 Å². The lowest BCUT2D eigenvalue weighted by molar-refractivity contribution is -0.114. The molecule has 0 aliphatic carbocycles. The van der Waals surface area contributed by atoms with Gasteiger partial charge in [-0.1, -0.05) is 6.08 Å². The minimum Gasteiger partial charge on any atom is -0.366 e. The number of nitrogens with two attached hydrogens (primary N) is 1. The molecular weight excluding hydrogens is 164 g/mol. The van der Waals surface area contributed by atoms with Gasteiger partial charge in [0.1, 0.15) is 0 Å². The molecule has 0 rings (SSSR count). The SMILES string of the molecule is CC(=CCCCCN(C)C)C(N)=O. The lowest BCUT2D eigenvalue weighted by Gasteiger charge is -2.07. The van der Waals surface area contributed by atoms with Crippen LogP contribution in [-0.4, -0.2) is 31.4 Å². The number of primary amides is 1. The van der Waals surface area contributed by atoms with E-state index < -0.39 is 0 Å². The summed E-state index contributed by atoms with van der Waals surface area (Å²) in [5.74, 6) is -0.312. The molecule has 0 saturated heterocycles. The maximum Gasteiger partial charge on any atom is 0.244 e. The van der Waals surface area contributed by atoms with Crippen LogP contribution in [0.3, 0.4) is 0 Å². The van der Waals surface area contributed by atoms with Crippen LogP contribution in [0, 0.1) is 0 Å². The van der Waals surface area contributed by atoms with E-state index >= 15 is 0 Å². The van der Waals surface area contributed by atoms with Crippen LogP contribution in [0.5, 0.6) is 0 Å². The van der Waals surface area contributed by atoms with Gasteiger partial charge in [-0.25, -0.2) is 0 Å². The average molecular weight is 184 g/mol. The maximum atomic E-state index is 10.6. The highest BCUT2D eigenvalue weighted by molar-refractivity contribution is 5.91. The Morgan fingerprint density at radius 3 is 2.46 bits per heavy atom. The third kappa shape index (κ3) is 7.53. The summed E-state index contributed by atoms with van der Waals surface area (Å²) in [7, 11) is 4.12. The van der Waals surface area contributed by atoms with Crippen LogP contribution in [-0.2, 0) is 4.79 Å². The van der Waals surface area contributed by atoms with Gasteiger partial charge in [0.05, 0.1) is 0 Å². The lowest BCUT2D eigenvalue weighted by Crippen LogP contribution is -2.13. The first-order chi connectivity index (χ1) is 6.04. The molecule has 0 unspecified atom stereocenters. The summed E-state index contributed by atoms with van der Waals surface area (Å²) in [4.78, 5) is 12.8. The molecule has 0 aromatic heterocycles. The molecule has 0 saturated carbocycles. The zero-order valence-corrected chi connectivity index (χ0v) is 8.84. The van der Waals surface area contributed by atoms with E-state index in [1.165, 1.54) is 0 Å².